The number of hydrogen-bond donors (Lipinski definition) is 1. The van der Waals surface area contributed by atoms with Gasteiger partial charge in [0.05, 0.1) is 16.5 Å². The summed E-state index contributed by atoms with van der Waals surface area (Å²) < 4.78 is 51.5. The van der Waals surface area contributed by atoms with Crippen molar-refractivity contribution in [1.82, 2.24) is 19.4 Å². The fraction of sp³-hybridized carbons (Fsp3) is 0.208. The Labute approximate surface area is 206 Å². The lowest BCUT2D eigenvalue weighted by Crippen LogP contribution is -2.45. The Hall–Kier alpha value is -4.68. The molecule has 1 saturated heterocycles. The van der Waals surface area contributed by atoms with Gasteiger partial charge in [0, 0.05) is 5.39 Å². The van der Waals surface area contributed by atoms with Crippen LogP contribution in [0.1, 0.15) is 11.1 Å². The largest absolute Gasteiger partial charge is 0.459 e. The van der Waals surface area contributed by atoms with Gasteiger partial charge in [0.1, 0.15) is 37.6 Å². The Bertz CT molecular complexity index is 1540. The van der Waals surface area contributed by atoms with Gasteiger partial charge in [0.25, 0.3) is 5.91 Å². The zero-order valence-electron chi connectivity index (χ0n) is 18.9. The van der Waals surface area contributed by atoms with E-state index in [2.05, 4.69) is 9.97 Å². The summed E-state index contributed by atoms with van der Waals surface area (Å²) in [5, 5.41) is 0.206. The van der Waals surface area contributed by atoms with Crippen LogP contribution >= 0.6 is 0 Å². The molecule has 37 heavy (non-hydrogen) atoms. The summed E-state index contributed by atoms with van der Waals surface area (Å²) in [5.74, 6) is -1.77. The number of nitrogen functional groups attached to an aromatic ring is 1. The van der Waals surface area contributed by atoms with Crippen LogP contribution in [0.2, 0.25) is 0 Å². The smallest absolute Gasteiger partial charge is 0.417 e. The molecule has 10 nitrogen and oxygen atoms in total. The van der Waals surface area contributed by atoms with Gasteiger partial charge in [-0.3, -0.25) is 4.79 Å². The Balaban J connectivity index is 1.46. The van der Waals surface area contributed by atoms with Gasteiger partial charge in [-0.1, -0.05) is 30.3 Å². The number of amides is 2. The number of halogens is 3. The van der Waals surface area contributed by atoms with Crippen molar-refractivity contribution >= 4 is 45.7 Å². The van der Waals surface area contributed by atoms with E-state index in [4.69, 9.17) is 15.2 Å². The summed E-state index contributed by atoms with van der Waals surface area (Å²) in [5.41, 5.74) is 6.02. The van der Waals surface area contributed by atoms with Gasteiger partial charge >= 0.3 is 18.2 Å². The summed E-state index contributed by atoms with van der Waals surface area (Å²) in [6, 6.07) is 10.4. The normalized spacial score (nSPS) is 15.8. The number of rotatable bonds is 5. The first kappa shape index (κ1) is 24.0. The number of nitrogens with two attached hydrogens (primary N) is 1. The highest BCUT2D eigenvalue weighted by atomic mass is 19.4. The lowest BCUT2D eigenvalue weighted by molar-refractivity contribution is -0.152. The van der Waals surface area contributed by atoms with Gasteiger partial charge in [-0.25, -0.2) is 24.5 Å². The van der Waals surface area contributed by atoms with Crippen LogP contribution in [-0.4, -0.2) is 50.1 Å². The van der Waals surface area contributed by atoms with E-state index in [1.54, 1.807) is 30.3 Å². The second kappa shape index (κ2) is 9.08. The summed E-state index contributed by atoms with van der Waals surface area (Å²) in [7, 11) is 0. The van der Waals surface area contributed by atoms with Crippen LogP contribution in [0.25, 0.3) is 21.9 Å². The van der Waals surface area contributed by atoms with Crippen LogP contribution in [0, 0.1) is 0 Å². The van der Waals surface area contributed by atoms with Crippen molar-refractivity contribution in [2.24, 2.45) is 0 Å². The number of esters is 1. The Morgan fingerprint density at radius 2 is 1.89 bits per heavy atom. The highest BCUT2D eigenvalue weighted by Crippen LogP contribution is 2.36. The van der Waals surface area contributed by atoms with E-state index < -0.39 is 48.9 Å². The van der Waals surface area contributed by atoms with Gasteiger partial charge < -0.3 is 19.8 Å². The average Bonchev–Trinajstić information content (AvgIpc) is 3.41. The fourth-order valence-corrected chi connectivity index (χ4v) is 4.18. The summed E-state index contributed by atoms with van der Waals surface area (Å²) >= 11 is 0. The Morgan fingerprint density at radius 3 is 2.62 bits per heavy atom. The number of fused-ring (bicyclic) bond motifs is 3. The molecule has 1 unspecified atom stereocenters. The minimum absolute atomic E-state index is 0.0724. The van der Waals surface area contributed by atoms with Crippen molar-refractivity contribution < 1.29 is 37.0 Å². The zero-order valence-corrected chi connectivity index (χ0v) is 18.9. The Kier molecular flexibility index (Phi) is 5.90. The number of anilines is 1. The maximum Gasteiger partial charge on any atom is 0.417 e. The molecule has 5 rings (SSSR count). The monoisotopic (exact) mass is 513 g/mol. The fourth-order valence-electron chi connectivity index (χ4n) is 4.18. The van der Waals surface area contributed by atoms with Crippen molar-refractivity contribution in [3.05, 3.63) is 66.0 Å². The standard InChI is InChI=1S/C24H18F3N5O5/c25-24(26,27)14-6-7-16-15(8-14)19-20(28)29-12-30-21(19)31(16)9-18(33)32-17(11-37-23(32)35)22(34)36-10-13-4-2-1-3-5-13/h1-8,12,17H,9-11H2,(H2,28,29,30). The van der Waals surface area contributed by atoms with Crippen molar-refractivity contribution in [1.29, 1.82) is 0 Å². The molecule has 0 radical (unpaired) electrons. The SMILES string of the molecule is Nc1ncnc2c1c1cc(C(F)(F)F)ccc1n2CC(=O)N1C(=O)OCC1C(=O)OCc1ccccc1. The molecule has 2 N–H and O–H groups in total. The highest BCUT2D eigenvalue weighted by Gasteiger charge is 2.43. The molecule has 1 fully saturated rings. The van der Waals surface area contributed by atoms with Crippen molar-refractivity contribution in [3.63, 3.8) is 0 Å². The van der Waals surface area contributed by atoms with Gasteiger partial charge in [-0.05, 0) is 23.8 Å². The number of ether oxygens (including phenoxy) is 2. The van der Waals surface area contributed by atoms with E-state index >= 15 is 0 Å². The number of benzene rings is 2. The molecule has 0 bridgehead atoms. The zero-order chi connectivity index (χ0) is 26.3. The first-order valence-corrected chi connectivity index (χ1v) is 10.9. The molecule has 1 aliphatic rings. The molecular weight excluding hydrogens is 495 g/mol. The number of cyclic esters (lactones) is 1. The van der Waals surface area contributed by atoms with Crippen molar-refractivity contribution in [2.45, 2.75) is 25.4 Å². The van der Waals surface area contributed by atoms with E-state index in [0.717, 1.165) is 18.5 Å². The molecule has 2 aromatic heterocycles. The maximum atomic E-state index is 13.3. The molecule has 2 aromatic carbocycles. The molecule has 190 valence electrons. The van der Waals surface area contributed by atoms with Gasteiger partial charge in [0.15, 0.2) is 6.04 Å². The molecule has 1 atom stereocenters. The predicted molar refractivity (Wildman–Crippen MR) is 123 cm³/mol. The molecule has 0 saturated carbocycles. The van der Waals surface area contributed by atoms with E-state index in [9.17, 15) is 27.6 Å². The third-order valence-corrected chi connectivity index (χ3v) is 5.93. The maximum absolute atomic E-state index is 13.3. The van der Waals surface area contributed by atoms with Crippen LogP contribution in [0.4, 0.5) is 23.8 Å². The minimum Gasteiger partial charge on any atom is -0.459 e. The Morgan fingerprint density at radius 1 is 1.14 bits per heavy atom. The molecular formula is C24H18F3N5O5. The molecule has 1 aliphatic heterocycles. The topological polar surface area (TPSA) is 130 Å². The van der Waals surface area contributed by atoms with Crippen LogP contribution in [-0.2, 0) is 38.4 Å². The second-order valence-corrected chi connectivity index (χ2v) is 8.22. The summed E-state index contributed by atoms with van der Waals surface area (Å²) in [4.78, 5) is 46.9. The van der Waals surface area contributed by atoms with Crippen LogP contribution in [0.3, 0.4) is 0 Å². The number of alkyl halides is 3. The minimum atomic E-state index is -4.62. The second-order valence-electron chi connectivity index (χ2n) is 8.22. The van der Waals surface area contributed by atoms with E-state index in [1.165, 1.54) is 10.6 Å². The van der Waals surface area contributed by atoms with E-state index in [-0.39, 0.29) is 34.4 Å². The molecule has 3 heterocycles. The molecule has 0 spiro atoms. The van der Waals surface area contributed by atoms with E-state index in [0.29, 0.717) is 10.5 Å². The van der Waals surface area contributed by atoms with Crippen LogP contribution < -0.4 is 5.73 Å². The van der Waals surface area contributed by atoms with Gasteiger partial charge in [-0.15, -0.1) is 0 Å². The quantitative estimate of drug-likeness (QED) is 0.403. The first-order chi connectivity index (χ1) is 17.6. The number of hydrogen-bond acceptors (Lipinski definition) is 8. The number of nitrogens with zero attached hydrogens (tertiary/aromatic N) is 4. The van der Waals surface area contributed by atoms with Crippen molar-refractivity contribution in [3.8, 4) is 0 Å². The van der Waals surface area contributed by atoms with Crippen LogP contribution in [0.15, 0.2) is 54.9 Å². The third kappa shape index (κ3) is 4.39. The highest BCUT2D eigenvalue weighted by molar-refractivity contribution is 6.12. The molecule has 13 heteroatoms. The number of carbonyl (C=O) groups is 3. The third-order valence-electron chi connectivity index (χ3n) is 5.93. The number of carbonyl (C=O) groups excluding carboxylic acids is 3. The number of imide groups is 1. The molecule has 0 aliphatic carbocycles. The van der Waals surface area contributed by atoms with Crippen LogP contribution in [0.5, 0.6) is 0 Å². The van der Waals surface area contributed by atoms with Crippen molar-refractivity contribution in [2.75, 3.05) is 12.3 Å². The number of aromatic nitrogens is 3. The average molecular weight is 513 g/mol. The summed E-state index contributed by atoms with van der Waals surface area (Å²) in [6.45, 7) is -1.01. The lowest BCUT2D eigenvalue weighted by atomic mass is 10.1. The van der Waals surface area contributed by atoms with Gasteiger partial charge in [0.2, 0.25) is 0 Å². The molecule has 4 aromatic rings. The summed E-state index contributed by atoms with van der Waals surface area (Å²) in [6.07, 6.45) is -4.55. The van der Waals surface area contributed by atoms with E-state index in [1.807, 2.05) is 0 Å². The molecule has 2 amide bonds. The lowest BCUT2D eigenvalue weighted by Gasteiger charge is -2.19. The first-order valence-electron chi connectivity index (χ1n) is 10.9. The predicted octanol–water partition coefficient (Wildman–Crippen LogP) is 3.28. The van der Waals surface area contributed by atoms with Gasteiger partial charge in [-0.2, -0.15) is 13.2 Å².